The van der Waals surface area contributed by atoms with Crippen molar-refractivity contribution in [2.45, 2.75) is 43.7 Å². The van der Waals surface area contributed by atoms with Gasteiger partial charge in [-0.25, -0.2) is 17.5 Å². The summed E-state index contributed by atoms with van der Waals surface area (Å²) in [4.78, 5) is 4.48. The topological polar surface area (TPSA) is 82.6 Å². The summed E-state index contributed by atoms with van der Waals surface area (Å²) in [5, 5.41) is 6.44. The van der Waals surface area contributed by atoms with Gasteiger partial charge in [0.15, 0.2) is 5.96 Å². The summed E-state index contributed by atoms with van der Waals surface area (Å²) >= 11 is 0. The normalized spacial score (nSPS) is 14.7. The van der Waals surface area contributed by atoms with Crippen LogP contribution >= 0.6 is 0 Å². The zero-order chi connectivity index (χ0) is 20.9. The fraction of sp³-hybridized carbons (Fsp3) is 0.381. The van der Waals surface area contributed by atoms with E-state index in [-0.39, 0.29) is 16.8 Å². The number of aliphatic imine (C=N–C) groups is 1. The number of sulfonamides is 1. The highest BCUT2D eigenvalue weighted by atomic mass is 32.2. The predicted molar refractivity (Wildman–Crippen MR) is 113 cm³/mol. The number of hydrogen-bond acceptors (Lipinski definition) is 3. The quantitative estimate of drug-likeness (QED) is 0.454. The highest BCUT2D eigenvalue weighted by molar-refractivity contribution is 7.89. The standard InChI is InChI=1S/C21H27FN4O2S/c1-15-13-18(22)6-5-17(15)11-12-24-21(23-2)25-14-16-3-9-20(10-4-16)29(27,28)26-19-7-8-19/h3-6,9-10,13,19,26H,7-8,11-12,14H2,1-2H3,(H2,23,24,25). The van der Waals surface area contributed by atoms with Gasteiger partial charge in [0.1, 0.15) is 5.82 Å². The van der Waals surface area contributed by atoms with Gasteiger partial charge in [0.05, 0.1) is 4.90 Å². The van der Waals surface area contributed by atoms with Gasteiger partial charge in [0.25, 0.3) is 0 Å². The molecule has 1 aliphatic rings. The van der Waals surface area contributed by atoms with Crippen LogP contribution in [0.25, 0.3) is 0 Å². The van der Waals surface area contributed by atoms with Gasteiger partial charge < -0.3 is 10.6 Å². The van der Waals surface area contributed by atoms with E-state index in [2.05, 4.69) is 20.3 Å². The van der Waals surface area contributed by atoms with Crippen LogP contribution in [-0.4, -0.2) is 34.0 Å². The molecule has 2 aromatic rings. The largest absolute Gasteiger partial charge is 0.356 e. The Morgan fingerprint density at radius 2 is 1.86 bits per heavy atom. The van der Waals surface area contributed by atoms with E-state index < -0.39 is 10.0 Å². The predicted octanol–water partition coefficient (Wildman–Crippen LogP) is 2.48. The molecular weight excluding hydrogens is 391 g/mol. The van der Waals surface area contributed by atoms with Crippen molar-refractivity contribution in [3.8, 4) is 0 Å². The molecule has 0 bridgehead atoms. The molecule has 0 aliphatic heterocycles. The van der Waals surface area contributed by atoms with E-state index in [1.54, 1.807) is 37.4 Å². The highest BCUT2D eigenvalue weighted by Gasteiger charge is 2.27. The van der Waals surface area contributed by atoms with Crippen LogP contribution < -0.4 is 15.4 Å². The third kappa shape index (κ3) is 6.27. The third-order valence-corrected chi connectivity index (χ3v) is 6.34. The van der Waals surface area contributed by atoms with Crippen molar-refractivity contribution in [2.75, 3.05) is 13.6 Å². The number of benzene rings is 2. The van der Waals surface area contributed by atoms with Gasteiger partial charge in [-0.2, -0.15) is 0 Å². The zero-order valence-electron chi connectivity index (χ0n) is 16.7. The second-order valence-electron chi connectivity index (χ2n) is 7.21. The van der Waals surface area contributed by atoms with Crippen LogP contribution in [0.3, 0.4) is 0 Å². The maximum absolute atomic E-state index is 13.2. The lowest BCUT2D eigenvalue weighted by atomic mass is 10.1. The van der Waals surface area contributed by atoms with Crippen LogP contribution in [0.5, 0.6) is 0 Å². The third-order valence-electron chi connectivity index (χ3n) is 4.81. The first-order valence-electron chi connectivity index (χ1n) is 9.68. The van der Waals surface area contributed by atoms with Crippen molar-refractivity contribution in [2.24, 2.45) is 4.99 Å². The van der Waals surface area contributed by atoms with Crippen LogP contribution in [0.15, 0.2) is 52.4 Å². The number of guanidine groups is 1. The molecule has 6 nitrogen and oxygen atoms in total. The number of nitrogens with zero attached hydrogens (tertiary/aromatic N) is 1. The summed E-state index contributed by atoms with van der Waals surface area (Å²) in [6.45, 7) is 3.08. The minimum absolute atomic E-state index is 0.0921. The van der Waals surface area contributed by atoms with Gasteiger partial charge in [-0.1, -0.05) is 18.2 Å². The maximum Gasteiger partial charge on any atom is 0.240 e. The molecule has 1 fully saturated rings. The van der Waals surface area contributed by atoms with Crippen molar-refractivity contribution in [3.05, 3.63) is 65.0 Å². The van der Waals surface area contributed by atoms with Gasteiger partial charge in [-0.3, -0.25) is 4.99 Å². The van der Waals surface area contributed by atoms with E-state index in [1.807, 2.05) is 6.92 Å². The molecule has 0 spiro atoms. The molecule has 1 saturated carbocycles. The summed E-state index contributed by atoms with van der Waals surface area (Å²) in [5.41, 5.74) is 2.97. The molecule has 3 N–H and O–H groups in total. The Kier molecular flexibility index (Phi) is 6.87. The summed E-state index contributed by atoms with van der Waals surface area (Å²) in [6, 6.07) is 11.7. The number of rotatable bonds is 8. The number of hydrogen-bond donors (Lipinski definition) is 3. The summed E-state index contributed by atoms with van der Waals surface area (Å²) < 4.78 is 40.3. The van der Waals surface area contributed by atoms with Crippen molar-refractivity contribution in [1.82, 2.24) is 15.4 Å². The Balaban J connectivity index is 1.47. The van der Waals surface area contributed by atoms with Gasteiger partial charge >= 0.3 is 0 Å². The van der Waals surface area contributed by atoms with E-state index in [0.29, 0.717) is 19.0 Å². The second kappa shape index (κ2) is 9.37. The summed E-state index contributed by atoms with van der Waals surface area (Å²) in [5.74, 6) is 0.427. The monoisotopic (exact) mass is 418 g/mol. The Labute approximate surface area is 171 Å². The van der Waals surface area contributed by atoms with Crippen molar-refractivity contribution >= 4 is 16.0 Å². The van der Waals surface area contributed by atoms with Crippen LogP contribution in [0.1, 0.15) is 29.5 Å². The number of nitrogens with one attached hydrogen (secondary N) is 3. The zero-order valence-corrected chi connectivity index (χ0v) is 17.5. The van der Waals surface area contributed by atoms with Crippen molar-refractivity contribution in [3.63, 3.8) is 0 Å². The maximum atomic E-state index is 13.2. The minimum atomic E-state index is -3.42. The molecule has 2 aromatic carbocycles. The van der Waals surface area contributed by atoms with E-state index in [9.17, 15) is 12.8 Å². The average Bonchev–Trinajstić information content (AvgIpc) is 3.49. The second-order valence-corrected chi connectivity index (χ2v) is 8.93. The molecule has 0 unspecified atom stereocenters. The van der Waals surface area contributed by atoms with Crippen LogP contribution in [-0.2, 0) is 23.0 Å². The van der Waals surface area contributed by atoms with Gasteiger partial charge in [-0.05, 0) is 67.1 Å². The van der Waals surface area contributed by atoms with E-state index >= 15 is 0 Å². The van der Waals surface area contributed by atoms with Gasteiger partial charge in [0.2, 0.25) is 10.0 Å². The fourth-order valence-corrected chi connectivity index (χ4v) is 4.24. The smallest absolute Gasteiger partial charge is 0.240 e. The van der Waals surface area contributed by atoms with E-state index in [1.165, 1.54) is 12.1 Å². The Morgan fingerprint density at radius 3 is 2.48 bits per heavy atom. The Morgan fingerprint density at radius 1 is 1.14 bits per heavy atom. The van der Waals surface area contributed by atoms with Crippen LogP contribution in [0.4, 0.5) is 4.39 Å². The van der Waals surface area contributed by atoms with Crippen LogP contribution in [0.2, 0.25) is 0 Å². The average molecular weight is 419 g/mol. The SMILES string of the molecule is CN=C(NCCc1ccc(F)cc1C)NCc1ccc(S(=O)(=O)NC2CC2)cc1. The Bertz CT molecular complexity index is 971. The molecular formula is C21H27FN4O2S. The van der Waals surface area contributed by atoms with Crippen LogP contribution in [0, 0.1) is 12.7 Å². The minimum Gasteiger partial charge on any atom is -0.356 e. The molecule has 1 aliphatic carbocycles. The fourth-order valence-electron chi connectivity index (χ4n) is 2.94. The molecule has 0 heterocycles. The van der Waals surface area contributed by atoms with Gasteiger partial charge in [0, 0.05) is 26.2 Å². The lowest BCUT2D eigenvalue weighted by Gasteiger charge is -2.13. The van der Waals surface area contributed by atoms with Crippen molar-refractivity contribution < 1.29 is 12.8 Å². The summed E-state index contributed by atoms with van der Waals surface area (Å²) in [6.07, 6.45) is 2.58. The molecule has 0 atom stereocenters. The number of halogens is 1. The first-order valence-corrected chi connectivity index (χ1v) is 11.2. The highest BCUT2D eigenvalue weighted by Crippen LogP contribution is 2.22. The molecule has 0 radical (unpaired) electrons. The van der Waals surface area contributed by atoms with Crippen molar-refractivity contribution in [1.29, 1.82) is 0 Å². The first-order chi connectivity index (χ1) is 13.9. The van der Waals surface area contributed by atoms with E-state index in [0.717, 1.165) is 36.0 Å². The Hall–Kier alpha value is -2.45. The lowest BCUT2D eigenvalue weighted by molar-refractivity contribution is 0.581. The lowest BCUT2D eigenvalue weighted by Crippen LogP contribution is -2.37. The molecule has 0 saturated heterocycles. The van der Waals surface area contributed by atoms with E-state index in [4.69, 9.17) is 0 Å². The molecule has 0 amide bonds. The first kappa shape index (κ1) is 21.3. The summed E-state index contributed by atoms with van der Waals surface area (Å²) in [7, 11) is -1.73. The molecule has 0 aromatic heterocycles. The molecule has 3 rings (SSSR count). The molecule has 8 heteroatoms. The number of aryl methyl sites for hydroxylation is 1. The molecule has 156 valence electrons. The van der Waals surface area contributed by atoms with Gasteiger partial charge in [-0.15, -0.1) is 0 Å². The molecule has 29 heavy (non-hydrogen) atoms.